The maximum absolute atomic E-state index is 8.67. The van der Waals surface area contributed by atoms with Crippen molar-refractivity contribution in [3.8, 4) is 6.07 Å². The molecule has 0 aromatic carbocycles. The predicted molar refractivity (Wildman–Crippen MR) is 54.2 cm³/mol. The molecule has 1 unspecified atom stereocenters. The molecule has 74 valence electrons. The Morgan fingerprint density at radius 2 is 1.85 bits per heavy atom. The van der Waals surface area contributed by atoms with E-state index >= 15 is 0 Å². The van der Waals surface area contributed by atoms with E-state index < -0.39 is 0 Å². The van der Waals surface area contributed by atoms with Crippen LogP contribution in [0, 0.1) is 17.2 Å². The Balaban J connectivity index is 2.29. The van der Waals surface area contributed by atoms with Gasteiger partial charge in [-0.2, -0.15) is 5.26 Å². The van der Waals surface area contributed by atoms with Crippen LogP contribution in [0.2, 0.25) is 0 Å². The van der Waals surface area contributed by atoms with E-state index in [4.69, 9.17) is 5.26 Å². The van der Waals surface area contributed by atoms with Gasteiger partial charge in [-0.05, 0) is 32.6 Å². The zero-order valence-electron chi connectivity index (χ0n) is 8.71. The molecule has 0 spiro atoms. The lowest BCUT2D eigenvalue weighted by atomic mass is 9.84. The molecule has 1 aliphatic carbocycles. The van der Waals surface area contributed by atoms with Crippen LogP contribution < -0.4 is 5.32 Å². The van der Waals surface area contributed by atoms with E-state index in [9.17, 15) is 0 Å². The normalized spacial score (nSPS) is 23.5. The highest BCUT2D eigenvalue weighted by Gasteiger charge is 2.20. The summed E-state index contributed by atoms with van der Waals surface area (Å²) < 4.78 is 0. The van der Waals surface area contributed by atoms with Gasteiger partial charge in [-0.25, -0.2) is 0 Å². The summed E-state index contributed by atoms with van der Waals surface area (Å²) in [6.07, 6.45) is 6.82. The second-order valence-electron chi connectivity index (χ2n) is 4.20. The molecule has 0 aromatic rings. The van der Waals surface area contributed by atoms with Gasteiger partial charge < -0.3 is 0 Å². The van der Waals surface area contributed by atoms with Crippen LogP contribution in [0.25, 0.3) is 0 Å². The van der Waals surface area contributed by atoms with Crippen LogP contribution >= 0.6 is 0 Å². The number of rotatable bonds is 3. The van der Waals surface area contributed by atoms with E-state index in [0.29, 0.717) is 6.04 Å². The van der Waals surface area contributed by atoms with Crippen molar-refractivity contribution in [3.63, 3.8) is 0 Å². The van der Waals surface area contributed by atoms with E-state index in [1.165, 1.54) is 32.1 Å². The van der Waals surface area contributed by atoms with Crippen molar-refractivity contribution in [2.45, 2.75) is 58.0 Å². The van der Waals surface area contributed by atoms with E-state index in [0.717, 1.165) is 5.92 Å². The lowest BCUT2D eigenvalue weighted by Gasteiger charge is -2.29. The van der Waals surface area contributed by atoms with Crippen molar-refractivity contribution >= 4 is 0 Å². The molecule has 1 aliphatic rings. The molecule has 0 saturated heterocycles. The average Bonchev–Trinajstić information content (AvgIpc) is 2.19. The van der Waals surface area contributed by atoms with Crippen molar-refractivity contribution in [3.05, 3.63) is 0 Å². The molecule has 0 aliphatic heterocycles. The summed E-state index contributed by atoms with van der Waals surface area (Å²) in [5.74, 6) is 0.796. The van der Waals surface area contributed by atoms with Gasteiger partial charge in [0.2, 0.25) is 0 Å². The minimum atomic E-state index is -0.00285. The fourth-order valence-corrected chi connectivity index (χ4v) is 2.20. The van der Waals surface area contributed by atoms with Gasteiger partial charge in [-0.15, -0.1) is 0 Å². The minimum Gasteiger partial charge on any atom is -0.299 e. The SMILES string of the molecule is CC(C#N)N[C@@H](C)C1CCCCC1. The summed E-state index contributed by atoms with van der Waals surface area (Å²) in [6, 6.07) is 2.73. The highest BCUT2D eigenvalue weighted by atomic mass is 14.9. The average molecular weight is 180 g/mol. The second kappa shape index (κ2) is 5.24. The van der Waals surface area contributed by atoms with Crippen LogP contribution in [0.4, 0.5) is 0 Å². The van der Waals surface area contributed by atoms with Crippen molar-refractivity contribution in [1.82, 2.24) is 5.32 Å². The van der Waals surface area contributed by atoms with Gasteiger partial charge in [-0.3, -0.25) is 5.32 Å². The molecule has 1 fully saturated rings. The molecule has 0 heterocycles. The number of nitriles is 1. The Morgan fingerprint density at radius 3 is 2.38 bits per heavy atom. The molecule has 1 saturated carbocycles. The Labute approximate surface area is 81.3 Å². The molecular formula is C11H20N2. The molecule has 0 aromatic heterocycles. The van der Waals surface area contributed by atoms with Gasteiger partial charge in [-0.1, -0.05) is 19.3 Å². The van der Waals surface area contributed by atoms with Crippen LogP contribution in [0.3, 0.4) is 0 Å². The fraction of sp³-hybridized carbons (Fsp3) is 0.909. The van der Waals surface area contributed by atoms with Crippen molar-refractivity contribution in [2.75, 3.05) is 0 Å². The highest BCUT2D eigenvalue weighted by molar-refractivity contribution is 4.89. The lowest BCUT2D eigenvalue weighted by molar-refractivity contribution is 0.276. The van der Waals surface area contributed by atoms with Crippen LogP contribution in [0.15, 0.2) is 0 Å². The Bertz CT molecular complexity index is 177. The predicted octanol–water partition coefficient (Wildman–Crippen LogP) is 2.46. The first-order valence-corrected chi connectivity index (χ1v) is 5.39. The quantitative estimate of drug-likeness (QED) is 0.724. The fourth-order valence-electron chi connectivity index (χ4n) is 2.20. The van der Waals surface area contributed by atoms with Gasteiger partial charge in [0.25, 0.3) is 0 Å². The van der Waals surface area contributed by atoms with Crippen molar-refractivity contribution in [2.24, 2.45) is 5.92 Å². The summed E-state index contributed by atoms with van der Waals surface area (Å²) in [7, 11) is 0. The number of nitrogens with zero attached hydrogens (tertiary/aromatic N) is 1. The minimum absolute atomic E-state index is 0.00285. The van der Waals surface area contributed by atoms with E-state index in [2.05, 4.69) is 18.3 Å². The molecule has 2 atom stereocenters. The van der Waals surface area contributed by atoms with E-state index in [-0.39, 0.29) is 6.04 Å². The molecule has 1 rings (SSSR count). The Hall–Kier alpha value is -0.550. The third kappa shape index (κ3) is 3.36. The standard InChI is InChI=1S/C11H20N2/c1-9(8-12)13-10(2)11-6-4-3-5-7-11/h9-11,13H,3-7H2,1-2H3/t9?,10-/m0/s1. The Kier molecular flexibility index (Phi) is 4.24. The smallest absolute Gasteiger partial charge is 0.0926 e. The van der Waals surface area contributed by atoms with Crippen LogP contribution in [0.1, 0.15) is 46.0 Å². The maximum Gasteiger partial charge on any atom is 0.0926 e. The van der Waals surface area contributed by atoms with Crippen LogP contribution in [-0.2, 0) is 0 Å². The van der Waals surface area contributed by atoms with E-state index in [1.54, 1.807) is 0 Å². The van der Waals surface area contributed by atoms with Gasteiger partial charge in [0.15, 0.2) is 0 Å². The molecule has 2 nitrogen and oxygen atoms in total. The monoisotopic (exact) mass is 180 g/mol. The first kappa shape index (κ1) is 10.5. The lowest BCUT2D eigenvalue weighted by Crippen LogP contribution is -2.39. The summed E-state index contributed by atoms with van der Waals surface area (Å²) in [5.41, 5.74) is 0. The zero-order chi connectivity index (χ0) is 9.68. The summed E-state index contributed by atoms with van der Waals surface area (Å²) in [4.78, 5) is 0. The second-order valence-corrected chi connectivity index (χ2v) is 4.20. The van der Waals surface area contributed by atoms with Crippen molar-refractivity contribution < 1.29 is 0 Å². The molecule has 0 amide bonds. The third-order valence-electron chi connectivity index (χ3n) is 3.06. The molecule has 13 heavy (non-hydrogen) atoms. The van der Waals surface area contributed by atoms with E-state index in [1.807, 2.05) is 6.92 Å². The number of hydrogen-bond donors (Lipinski definition) is 1. The summed E-state index contributed by atoms with van der Waals surface area (Å²) >= 11 is 0. The molecule has 1 N–H and O–H groups in total. The van der Waals surface area contributed by atoms with Gasteiger partial charge in [0.05, 0.1) is 12.1 Å². The summed E-state index contributed by atoms with van der Waals surface area (Å²) in [5, 5.41) is 12.0. The third-order valence-corrected chi connectivity index (χ3v) is 3.06. The van der Waals surface area contributed by atoms with Gasteiger partial charge >= 0.3 is 0 Å². The Morgan fingerprint density at radius 1 is 1.23 bits per heavy atom. The first-order chi connectivity index (χ1) is 6.24. The molecule has 2 heteroatoms. The van der Waals surface area contributed by atoms with Crippen molar-refractivity contribution in [1.29, 1.82) is 5.26 Å². The summed E-state index contributed by atoms with van der Waals surface area (Å²) in [6.45, 7) is 4.14. The van der Waals surface area contributed by atoms with Gasteiger partial charge in [0.1, 0.15) is 0 Å². The molecule has 0 radical (unpaired) electrons. The molecular weight excluding hydrogens is 160 g/mol. The molecule has 0 bridgehead atoms. The first-order valence-electron chi connectivity index (χ1n) is 5.39. The number of nitrogens with one attached hydrogen (secondary N) is 1. The van der Waals surface area contributed by atoms with Gasteiger partial charge in [0, 0.05) is 6.04 Å². The largest absolute Gasteiger partial charge is 0.299 e. The zero-order valence-corrected chi connectivity index (χ0v) is 8.71. The van der Waals surface area contributed by atoms with Crippen LogP contribution in [0.5, 0.6) is 0 Å². The topological polar surface area (TPSA) is 35.8 Å². The maximum atomic E-state index is 8.67. The highest BCUT2D eigenvalue weighted by Crippen LogP contribution is 2.26. The number of hydrogen-bond acceptors (Lipinski definition) is 2. The van der Waals surface area contributed by atoms with Crippen LogP contribution in [-0.4, -0.2) is 12.1 Å².